The summed E-state index contributed by atoms with van der Waals surface area (Å²) in [5, 5.41) is 13.9. The summed E-state index contributed by atoms with van der Waals surface area (Å²) in [5.41, 5.74) is -0.466. The van der Waals surface area contributed by atoms with Crippen molar-refractivity contribution in [2.24, 2.45) is 12.5 Å². The molecule has 1 aromatic rings. The predicted octanol–water partition coefficient (Wildman–Crippen LogP) is 1.33. The Morgan fingerprint density at radius 3 is 2.67 bits per heavy atom. The number of halogens is 2. The number of carbonyl (C=O) groups excluding carboxylic acids is 1. The Bertz CT molecular complexity index is 462. The summed E-state index contributed by atoms with van der Waals surface area (Å²) in [4.78, 5) is 11.8. The third-order valence-corrected chi connectivity index (χ3v) is 3.41. The van der Waals surface area contributed by atoms with Crippen LogP contribution in [0.1, 0.15) is 25.5 Å². The van der Waals surface area contributed by atoms with E-state index in [0.29, 0.717) is 5.69 Å². The van der Waals surface area contributed by atoms with E-state index >= 15 is 0 Å². The molecule has 18 heavy (non-hydrogen) atoms. The van der Waals surface area contributed by atoms with Gasteiger partial charge in [0.15, 0.2) is 5.78 Å². The van der Waals surface area contributed by atoms with E-state index in [1.165, 1.54) is 6.92 Å². The lowest BCUT2D eigenvalue weighted by molar-refractivity contribution is -0.193. The molecule has 1 atom stereocenters. The van der Waals surface area contributed by atoms with Gasteiger partial charge in [0.1, 0.15) is 6.10 Å². The first-order valence-electron chi connectivity index (χ1n) is 5.79. The van der Waals surface area contributed by atoms with Crippen LogP contribution in [0.2, 0.25) is 0 Å². The number of aliphatic hydroxyl groups is 1. The second-order valence-electron chi connectivity index (χ2n) is 5.39. The minimum atomic E-state index is -2.75. The number of hydrogen-bond acceptors (Lipinski definition) is 3. The van der Waals surface area contributed by atoms with Gasteiger partial charge in [-0.1, -0.05) is 6.92 Å². The maximum Gasteiger partial charge on any atom is 0.249 e. The fourth-order valence-corrected chi connectivity index (χ4v) is 2.54. The molecule has 1 aromatic heterocycles. The van der Waals surface area contributed by atoms with E-state index in [1.54, 1.807) is 24.0 Å². The number of hydrogen-bond donors (Lipinski definition) is 1. The lowest BCUT2D eigenvalue weighted by Gasteiger charge is -2.47. The number of aryl methyl sites for hydroxylation is 1. The van der Waals surface area contributed by atoms with Crippen LogP contribution >= 0.6 is 0 Å². The second-order valence-corrected chi connectivity index (χ2v) is 5.39. The molecule has 1 unspecified atom stereocenters. The van der Waals surface area contributed by atoms with Crippen LogP contribution in [0.25, 0.3) is 0 Å². The van der Waals surface area contributed by atoms with Crippen LogP contribution < -0.4 is 0 Å². The number of ketones is 1. The second kappa shape index (κ2) is 4.12. The number of rotatable bonds is 4. The maximum absolute atomic E-state index is 12.8. The van der Waals surface area contributed by atoms with Crippen molar-refractivity contribution in [1.82, 2.24) is 9.78 Å². The maximum atomic E-state index is 12.8. The molecular weight excluding hydrogens is 242 g/mol. The third-order valence-electron chi connectivity index (χ3n) is 3.41. The van der Waals surface area contributed by atoms with Crippen LogP contribution in [0.15, 0.2) is 12.3 Å². The summed E-state index contributed by atoms with van der Waals surface area (Å²) in [5.74, 6) is -3.20. The molecule has 1 heterocycles. The van der Waals surface area contributed by atoms with Gasteiger partial charge in [-0.05, 0) is 6.07 Å². The standard InChI is InChI=1S/C12H16F2N2O2/c1-11(6-12(13,14)7-11)10(18)9(17)5-8-3-4-16(2)15-8/h3-4,10,18H,5-7H2,1-2H3. The van der Waals surface area contributed by atoms with Gasteiger partial charge in [0.05, 0.1) is 12.1 Å². The van der Waals surface area contributed by atoms with Crippen molar-refractivity contribution in [2.45, 2.75) is 38.2 Å². The topological polar surface area (TPSA) is 55.1 Å². The Hall–Kier alpha value is -1.30. The molecule has 0 radical (unpaired) electrons. The van der Waals surface area contributed by atoms with Crippen molar-refractivity contribution in [3.8, 4) is 0 Å². The van der Waals surface area contributed by atoms with Gasteiger partial charge >= 0.3 is 0 Å². The molecule has 0 spiro atoms. The van der Waals surface area contributed by atoms with Crippen LogP contribution in [0.5, 0.6) is 0 Å². The lowest BCUT2D eigenvalue weighted by atomic mass is 9.63. The third kappa shape index (κ3) is 2.43. The van der Waals surface area contributed by atoms with E-state index < -0.39 is 36.1 Å². The normalized spacial score (nSPS) is 22.3. The summed E-state index contributed by atoms with van der Waals surface area (Å²) in [6, 6.07) is 1.67. The van der Waals surface area contributed by atoms with Gasteiger partial charge in [-0.25, -0.2) is 8.78 Å². The molecule has 1 fully saturated rings. The lowest BCUT2D eigenvalue weighted by Crippen LogP contribution is -2.54. The van der Waals surface area contributed by atoms with E-state index in [4.69, 9.17) is 0 Å². The zero-order chi connectivity index (χ0) is 13.6. The molecule has 0 amide bonds. The predicted molar refractivity (Wildman–Crippen MR) is 60.2 cm³/mol. The van der Waals surface area contributed by atoms with Crippen molar-refractivity contribution in [3.05, 3.63) is 18.0 Å². The van der Waals surface area contributed by atoms with E-state index in [1.807, 2.05) is 0 Å². The average molecular weight is 258 g/mol. The van der Waals surface area contributed by atoms with Crippen LogP contribution in [-0.4, -0.2) is 32.7 Å². The zero-order valence-electron chi connectivity index (χ0n) is 10.4. The number of aromatic nitrogens is 2. The van der Waals surface area contributed by atoms with E-state index in [2.05, 4.69) is 5.10 Å². The minimum Gasteiger partial charge on any atom is -0.385 e. The molecule has 0 saturated heterocycles. The molecule has 1 saturated carbocycles. The van der Waals surface area contributed by atoms with Crippen LogP contribution in [0, 0.1) is 5.41 Å². The van der Waals surface area contributed by atoms with Gasteiger partial charge in [-0.2, -0.15) is 5.10 Å². The zero-order valence-corrected chi connectivity index (χ0v) is 10.4. The highest BCUT2D eigenvalue weighted by atomic mass is 19.3. The fourth-order valence-electron chi connectivity index (χ4n) is 2.54. The largest absolute Gasteiger partial charge is 0.385 e. The quantitative estimate of drug-likeness (QED) is 0.886. The highest BCUT2D eigenvalue weighted by Gasteiger charge is 2.58. The first kappa shape index (κ1) is 13.1. The number of Topliss-reactive ketones (excluding diaryl/α,β-unsaturated/α-hetero) is 1. The molecule has 0 aromatic carbocycles. The molecule has 1 N–H and O–H groups in total. The highest BCUT2D eigenvalue weighted by molar-refractivity contribution is 5.85. The van der Waals surface area contributed by atoms with Gasteiger partial charge < -0.3 is 5.11 Å². The van der Waals surface area contributed by atoms with E-state index in [-0.39, 0.29) is 6.42 Å². The highest BCUT2D eigenvalue weighted by Crippen LogP contribution is 2.53. The SMILES string of the molecule is Cn1ccc(CC(=O)C(O)C2(C)CC(F)(F)C2)n1. The Morgan fingerprint density at radius 2 is 2.22 bits per heavy atom. The Balaban J connectivity index is 1.97. The Labute approximate surface area is 104 Å². The van der Waals surface area contributed by atoms with Gasteiger partial charge in [0, 0.05) is 31.5 Å². The summed E-state index contributed by atoms with van der Waals surface area (Å²) < 4.78 is 27.2. The van der Waals surface area contributed by atoms with E-state index in [9.17, 15) is 18.7 Å². The summed E-state index contributed by atoms with van der Waals surface area (Å²) in [7, 11) is 1.72. The molecule has 4 nitrogen and oxygen atoms in total. The number of aliphatic hydroxyl groups excluding tert-OH is 1. The average Bonchev–Trinajstić information content (AvgIpc) is 2.59. The monoisotopic (exact) mass is 258 g/mol. The van der Waals surface area contributed by atoms with Crippen LogP contribution in [0.3, 0.4) is 0 Å². The Morgan fingerprint density at radius 1 is 1.61 bits per heavy atom. The smallest absolute Gasteiger partial charge is 0.249 e. The van der Waals surface area contributed by atoms with Crippen molar-refractivity contribution >= 4 is 5.78 Å². The van der Waals surface area contributed by atoms with Crippen LogP contribution in [-0.2, 0) is 18.3 Å². The molecule has 6 heteroatoms. The molecule has 100 valence electrons. The molecular formula is C12H16F2N2O2. The van der Waals surface area contributed by atoms with Gasteiger partial charge in [0.2, 0.25) is 5.92 Å². The van der Waals surface area contributed by atoms with Gasteiger partial charge in [-0.15, -0.1) is 0 Å². The fraction of sp³-hybridized carbons (Fsp3) is 0.667. The molecule has 0 bridgehead atoms. The molecule has 1 aliphatic rings. The first-order valence-corrected chi connectivity index (χ1v) is 5.79. The number of carbonyl (C=O) groups is 1. The Kier molecular flexibility index (Phi) is 3.01. The molecule has 1 aliphatic carbocycles. The van der Waals surface area contributed by atoms with Crippen molar-refractivity contribution in [3.63, 3.8) is 0 Å². The summed E-state index contributed by atoms with van der Waals surface area (Å²) in [6.07, 6.45) is -0.555. The van der Waals surface area contributed by atoms with Gasteiger partial charge in [-0.3, -0.25) is 9.48 Å². The summed E-state index contributed by atoms with van der Waals surface area (Å²) in [6.45, 7) is 1.52. The number of alkyl halides is 2. The molecule has 2 rings (SSSR count). The number of nitrogens with zero attached hydrogens (tertiary/aromatic N) is 2. The minimum absolute atomic E-state index is 0.0246. The van der Waals surface area contributed by atoms with Crippen molar-refractivity contribution < 1.29 is 18.7 Å². The van der Waals surface area contributed by atoms with Crippen LogP contribution in [0.4, 0.5) is 8.78 Å². The van der Waals surface area contributed by atoms with Crippen molar-refractivity contribution in [1.29, 1.82) is 0 Å². The molecule has 0 aliphatic heterocycles. The van der Waals surface area contributed by atoms with Crippen molar-refractivity contribution in [2.75, 3.05) is 0 Å². The van der Waals surface area contributed by atoms with Gasteiger partial charge in [0.25, 0.3) is 0 Å². The first-order chi connectivity index (χ1) is 8.22. The van der Waals surface area contributed by atoms with E-state index in [0.717, 1.165) is 0 Å². The summed E-state index contributed by atoms with van der Waals surface area (Å²) >= 11 is 0.